The molecule has 144 valence electrons. The standard InChI is InChI=1S/C21H28N4O2/c1-15(2)19-13-17(16-7-5-6-8-18(16)22-19)21(27)25-11-9-24(10-12-25)14-20(26)23(3)4/h5-8,13,15H,9-12,14H2,1-4H3. The molecule has 0 unspecified atom stereocenters. The summed E-state index contributed by atoms with van der Waals surface area (Å²) < 4.78 is 0. The molecule has 1 aromatic heterocycles. The lowest BCUT2D eigenvalue weighted by Gasteiger charge is -2.35. The van der Waals surface area contributed by atoms with Crippen LogP contribution in [0.3, 0.4) is 0 Å². The summed E-state index contributed by atoms with van der Waals surface area (Å²) in [5.41, 5.74) is 2.52. The zero-order valence-corrected chi connectivity index (χ0v) is 16.6. The van der Waals surface area contributed by atoms with E-state index in [0.717, 1.165) is 22.2 Å². The van der Waals surface area contributed by atoms with Gasteiger partial charge in [-0.15, -0.1) is 0 Å². The van der Waals surface area contributed by atoms with Crippen molar-refractivity contribution in [2.24, 2.45) is 0 Å². The van der Waals surface area contributed by atoms with Crippen LogP contribution < -0.4 is 0 Å². The van der Waals surface area contributed by atoms with Gasteiger partial charge in [-0.3, -0.25) is 19.5 Å². The van der Waals surface area contributed by atoms with E-state index in [1.165, 1.54) is 0 Å². The van der Waals surface area contributed by atoms with Crippen molar-refractivity contribution in [3.63, 3.8) is 0 Å². The van der Waals surface area contributed by atoms with Crippen molar-refractivity contribution in [3.8, 4) is 0 Å². The first kappa shape index (κ1) is 19.3. The van der Waals surface area contributed by atoms with Crippen LogP contribution in [0.15, 0.2) is 30.3 Å². The summed E-state index contributed by atoms with van der Waals surface area (Å²) in [4.78, 5) is 35.4. The molecule has 0 saturated carbocycles. The van der Waals surface area contributed by atoms with Gasteiger partial charge in [0.2, 0.25) is 5.91 Å². The number of pyridine rings is 1. The zero-order valence-electron chi connectivity index (χ0n) is 16.6. The number of carbonyl (C=O) groups is 2. The molecule has 2 aromatic rings. The molecule has 1 fully saturated rings. The molecule has 1 aliphatic heterocycles. The van der Waals surface area contributed by atoms with E-state index in [0.29, 0.717) is 32.7 Å². The van der Waals surface area contributed by atoms with Gasteiger partial charge in [0, 0.05) is 51.4 Å². The van der Waals surface area contributed by atoms with Gasteiger partial charge >= 0.3 is 0 Å². The highest BCUT2D eigenvalue weighted by Gasteiger charge is 2.25. The van der Waals surface area contributed by atoms with E-state index in [-0.39, 0.29) is 17.7 Å². The highest BCUT2D eigenvalue weighted by atomic mass is 16.2. The van der Waals surface area contributed by atoms with Gasteiger partial charge in [0.1, 0.15) is 0 Å². The molecule has 0 spiro atoms. The van der Waals surface area contributed by atoms with Gasteiger partial charge in [0.05, 0.1) is 17.6 Å². The van der Waals surface area contributed by atoms with Crippen molar-refractivity contribution in [1.29, 1.82) is 0 Å². The first-order valence-corrected chi connectivity index (χ1v) is 9.48. The average molecular weight is 368 g/mol. The summed E-state index contributed by atoms with van der Waals surface area (Å²) in [6, 6.07) is 9.76. The van der Waals surface area contributed by atoms with Crippen LogP contribution in [0.1, 0.15) is 35.8 Å². The van der Waals surface area contributed by atoms with E-state index < -0.39 is 0 Å². The number of nitrogens with zero attached hydrogens (tertiary/aromatic N) is 4. The molecule has 2 heterocycles. The highest BCUT2D eigenvalue weighted by molar-refractivity contribution is 6.06. The normalized spacial score (nSPS) is 15.4. The third-order valence-electron chi connectivity index (χ3n) is 5.08. The minimum atomic E-state index is 0.0501. The second kappa shape index (κ2) is 8.05. The predicted octanol–water partition coefficient (Wildman–Crippen LogP) is 2.20. The molecule has 1 aliphatic rings. The van der Waals surface area contributed by atoms with Crippen LogP contribution in [-0.4, -0.2) is 78.3 Å². The smallest absolute Gasteiger partial charge is 0.254 e. The Bertz CT molecular complexity index is 839. The summed E-state index contributed by atoms with van der Waals surface area (Å²) in [5, 5.41) is 0.900. The van der Waals surface area contributed by atoms with Crippen LogP contribution in [-0.2, 0) is 4.79 Å². The van der Waals surface area contributed by atoms with Gasteiger partial charge in [-0.05, 0) is 18.1 Å². The molecule has 3 rings (SSSR count). The average Bonchev–Trinajstić information content (AvgIpc) is 2.67. The number of carbonyl (C=O) groups excluding carboxylic acids is 2. The first-order chi connectivity index (χ1) is 12.9. The van der Waals surface area contributed by atoms with Crippen LogP contribution in [0.2, 0.25) is 0 Å². The fourth-order valence-electron chi connectivity index (χ4n) is 3.28. The number of piperazine rings is 1. The van der Waals surface area contributed by atoms with E-state index in [4.69, 9.17) is 4.98 Å². The number of aromatic nitrogens is 1. The number of fused-ring (bicyclic) bond motifs is 1. The molecule has 0 bridgehead atoms. The van der Waals surface area contributed by atoms with E-state index in [1.807, 2.05) is 35.2 Å². The fraction of sp³-hybridized carbons (Fsp3) is 0.476. The number of amides is 2. The van der Waals surface area contributed by atoms with Crippen molar-refractivity contribution in [1.82, 2.24) is 19.7 Å². The number of benzene rings is 1. The lowest BCUT2D eigenvalue weighted by Crippen LogP contribution is -2.51. The van der Waals surface area contributed by atoms with E-state index in [9.17, 15) is 9.59 Å². The quantitative estimate of drug-likeness (QED) is 0.830. The number of hydrogen-bond donors (Lipinski definition) is 0. The maximum Gasteiger partial charge on any atom is 0.254 e. The van der Waals surface area contributed by atoms with Gasteiger partial charge in [0.15, 0.2) is 0 Å². The minimum Gasteiger partial charge on any atom is -0.348 e. The Labute approximate surface area is 160 Å². The third-order valence-corrected chi connectivity index (χ3v) is 5.08. The largest absolute Gasteiger partial charge is 0.348 e. The van der Waals surface area contributed by atoms with Crippen LogP contribution in [0.25, 0.3) is 10.9 Å². The van der Waals surface area contributed by atoms with Crippen molar-refractivity contribution in [2.75, 3.05) is 46.8 Å². The topological polar surface area (TPSA) is 56.8 Å². The van der Waals surface area contributed by atoms with Crippen molar-refractivity contribution in [2.45, 2.75) is 19.8 Å². The Kier molecular flexibility index (Phi) is 5.75. The van der Waals surface area contributed by atoms with Crippen LogP contribution in [0.5, 0.6) is 0 Å². The van der Waals surface area contributed by atoms with E-state index >= 15 is 0 Å². The van der Waals surface area contributed by atoms with Crippen LogP contribution >= 0.6 is 0 Å². The Morgan fingerprint density at radius 3 is 2.41 bits per heavy atom. The van der Waals surface area contributed by atoms with Crippen LogP contribution in [0, 0.1) is 0 Å². The predicted molar refractivity (Wildman–Crippen MR) is 107 cm³/mol. The van der Waals surface area contributed by atoms with Gasteiger partial charge in [-0.2, -0.15) is 0 Å². The monoisotopic (exact) mass is 368 g/mol. The number of likely N-dealkylation sites (N-methyl/N-ethyl adjacent to an activating group) is 1. The summed E-state index contributed by atoms with van der Waals surface area (Å²) in [5.74, 6) is 0.403. The summed E-state index contributed by atoms with van der Waals surface area (Å²) in [6.45, 7) is 7.28. The van der Waals surface area contributed by atoms with Crippen molar-refractivity contribution in [3.05, 3.63) is 41.6 Å². The number of rotatable bonds is 4. The molecule has 1 aromatic carbocycles. The van der Waals surface area contributed by atoms with Crippen molar-refractivity contribution >= 4 is 22.7 Å². The highest BCUT2D eigenvalue weighted by Crippen LogP contribution is 2.24. The Hall–Kier alpha value is -2.47. The second-order valence-corrected chi connectivity index (χ2v) is 7.62. The molecule has 2 amide bonds. The lowest BCUT2D eigenvalue weighted by atomic mass is 10.0. The molecule has 0 radical (unpaired) electrons. The molecule has 27 heavy (non-hydrogen) atoms. The van der Waals surface area contributed by atoms with Crippen molar-refractivity contribution < 1.29 is 9.59 Å². The van der Waals surface area contributed by atoms with Gasteiger partial charge in [-0.1, -0.05) is 32.0 Å². The molecular weight excluding hydrogens is 340 g/mol. The maximum absolute atomic E-state index is 13.2. The Morgan fingerprint density at radius 2 is 1.78 bits per heavy atom. The minimum absolute atomic E-state index is 0.0501. The summed E-state index contributed by atoms with van der Waals surface area (Å²) in [7, 11) is 3.53. The molecule has 0 N–H and O–H groups in total. The second-order valence-electron chi connectivity index (χ2n) is 7.62. The molecule has 6 nitrogen and oxygen atoms in total. The van der Waals surface area contributed by atoms with Crippen LogP contribution in [0.4, 0.5) is 0 Å². The number of hydrogen-bond acceptors (Lipinski definition) is 4. The maximum atomic E-state index is 13.2. The van der Waals surface area contributed by atoms with E-state index in [1.54, 1.807) is 19.0 Å². The molecular formula is C21H28N4O2. The molecule has 0 atom stereocenters. The Morgan fingerprint density at radius 1 is 1.11 bits per heavy atom. The third kappa shape index (κ3) is 4.27. The Balaban J connectivity index is 1.78. The van der Waals surface area contributed by atoms with E-state index in [2.05, 4.69) is 18.7 Å². The van der Waals surface area contributed by atoms with Gasteiger partial charge in [-0.25, -0.2) is 0 Å². The molecule has 0 aliphatic carbocycles. The SMILES string of the molecule is CC(C)c1cc(C(=O)N2CCN(CC(=O)N(C)C)CC2)c2ccccc2n1. The fourth-order valence-corrected chi connectivity index (χ4v) is 3.28. The van der Waals surface area contributed by atoms with Gasteiger partial charge < -0.3 is 9.80 Å². The van der Waals surface area contributed by atoms with Gasteiger partial charge in [0.25, 0.3) is 5.91 Å². The first-order valence-electron chi connectivity index (χ1n) is 9.48. The lowest BCUT2D eigenvalue weighted by molar-refractivity contribution is -0.130. The summed E-state index contributed by atoms with van der Waals surface area (Å²) in [6.07, 6.45) is 0. The molecule has 1 saturated heterocycles. The number of para-hydroxylation sites is 1. The zero-order chi connectivity index (χ0) is 19.6. The summed E-state index contributed by atoms with van der Waals surface area (Å²) >= 11 is 0. The molecule has 6 heteroatoms.